The third kappa shape index (κ3) is 2.82. The molecule has 0 aromatic heterocycles. The van der Waals surface area contributed by atoms with Crippen molar-refractivity contribution in [2.45, 2.75) is 13.3 Å². The van der Waals surface area contributed by atoms with Crippen LogP contribution in [0, 0.1) is 35.5 Å². The molecule has 2 aromatic carbocycles. The van der Waals surface area contributed by atoms with E-state index in [1.165, 1.54) is 4.90 Å². The summed E-state index contributed by atoms with van der Waals surface area (Å²) in [6, 6.07) is 13.9. The number of anilines is 2. The molecule has 0 spiro atoms. The molecule has 1 heterocycles. The molecule has 0 radical (unpaired) electrons. The van der Waals surface area contributed by atoms with Gasteiger partial charge in [-0.3, -0.25) is 19.3 Å². The monoisotopic (exact) mass is 428 g/mol. The average molecular weight is 428 g/mol. The van der Waals surface area contributed by atoms with Crippen LogP contribution in [0.1, 0.15) is 23.7 Å². The highest BCUT2D eigenvalue weighted by Crippen LogP contribution is 2.65. The molecule has 0 unspecified atom stereocenters. The SMILES string of the molecule is CCOc1ccc(NC(=O)c2ccc(N3C(=O)[C@@H]4[C@H]5C=C[C@@H]([C@@H]6C[C@H]56)[C@H]4C3=O)cc2)cc1. The van der Waals surface area contributed by atoms with E-state index in [0.29, 0.717) is 35.4 Å². The second-order valence-electron chi connectivity index (χ2n) is 9.12. The molecule has 7 rings (SSSR count). The van der Waals surface area contributed by atoms with E-state index in [1.54, 1.807) is 48.5 Å². The van der Waals surface area contributed by atoms with Crippen molar-refractivity contribution >= 4 is 29.1 Å². The Labute approximate surface area is 186 Å². The summed E-state index contributed by atoms with van der Waals surface area (Å²) in [5.74, 6) is 1.45. The number of hydrogen-bond acceptors (Lipinski definition) is 4. The van der Waals surface area contributed by atoms with Crippen LogP contribution in [0.4, 0.5) is 11.4 Å². The quantitative estimate of drug-likeness (QED) is 0.579. The van der Waals surface area contributed by atoms with Gasteiger partial charge in [-0.2, -0.15) is 0 Å². The van der Waals surface area contributed by atoms with E-state index in [2.05, 4.69) is 17.5 Å². The summed E-state index contributed by atoms with van der Waals surface area (Å²) in [7, 11) is 0. The summed E-state index contributed by atoms with van der Waals surface area (Å²) in [6.07, 6.45) is 5.49. The van der Waals surface area contributed by atoms with Crippen LogP contribution in [0.15, 0.2) is 60.7 Å². The number of carbonyl (C=O) groups excluding carboxylic acids is 3. The van der Waals surface area contributed by atoms with Crippen LogP contribution >= 0.6 is 0 Å². The largest absolute Gasteiger partial charge is 0.494 e. The maximum absolute atomic E-state index is 13.2. The van der Waals surface area contributed by atoms with Gasteiger partial charge < -0.3 is 10.1 Å². The van der Waals surface area contributed by atoms with Gasteiger partial charge in [0.25, 0.3) is 5.91 Å². The van der Waals surface area contributed by atoms with Gasteiger partial charge in [-0.1, -0.05) is 12.2 Å². The lowest BCUT2D eigenvalue weighted by molar-refractivity contribution is -0.124. The van der Waals surface area contributed by atoms with Gasteiger partial charge in [0.15, 0.2) is 0 Å². The Bertz CT molecular complexity index is 1100. The second kappa shape index (κ2) is 7.05. The van der Waals surface area contributed by atoms with Crippen molar-refractivity contribution in [3.05, 3.63) is 66.2 Å². The highest BCUT2D eigenvalue weighted by Gasteiger charge is 2.67. The fraction of sp³-hybridized carbons (Fsp3) is 0.346. The Morgan fingerprint density at radius 3 is 2.09 bits per heavy atom. The molecule has 3 amide bonds. The van der Waals surface area contributed by atoms with Crippen molar-refractivity contribution in [2.75, 3.05) is 16.8 Å². The lowest BCUT2D eigenvalue weighted by Gasteiger charge is -2.37. The summed E-state index contributed by atoms with van der Waals surface area (Å²) < 4.78 is 5.41. The molecular formula is C26H24N2O4. The zero-order valence-electron chi connectivity index (χ0n) is 17.7. The van der Waals surface area contributed by atoms with Gasteiger partial charge in [0.1, 0.15) is 5.75 Å². The lowest BCUT2D eigenvalue weighted by atomic mass is 9.63. The minimum Gasteiger partial charge on any atom is -0.494 e. The van der Waals surface area contributed by atoms with E-state index in [4.69, 9.17) is 4.74 Å². The van der Waals surface area contributed by atoms with E-state index < -0.39 is 0 Å². The minimum atomic E-state index is -0.254. The first-order valence-corrected chi connectivity index (χ1v) is 11.3. The Morgan fingerprint density at radius 2 is 1.53 bits per heavy atom. The van der Waals surface area contributed by atoms with Gasteiger partial charge >= 0.3 is 0 Å². The van der Waals surface area contributed by atoms with Gasteiger partial charge in [-0.05, 0) is 85.5 Å². The van der Waals surface area contributed by atoms with E-state index in [0.717, 1.165) is 12.2 Å². The molecule has 2 aromatic rings. The molecule has 6 heteroatoms. The standard InChI is InChI=1S/C26H24N2O4/c1-2-32-17-9-5-15(6-10-17)27-24(29)14-3-7-16(8-4-14)28-25(30)22-18-11-12-19(21-13-20(18)21)23(22)26(28)31/h3-12,18-23H,2,13H2,1H3,(H,27,29)/t18-,19-,20-,21+,22+,23+/m0/s1. The molecule has 1 N–H and O–H groups in total. The molecule has 6 nitrogen and oxygen atoms in total. The highest BCUT2D eigenvalue weighted by atomic mass is 16.5. The maximum Gasteiger partial charge on any atom is 0.255 e. The number of rotatable bonds is 5. The molecular weight excluding hydrogens is 404 g/mol. The molecule has 2 saturated carbocycles. The van der Waals surface area contributed by atoms with E-state index in [9.17, 15) is 14.4 Å². The van der Waals surface area contributed by atoms with E-state index >= 15 is 0 Å². The van der Waals surface area contributed by atoms with Crippen LogP contribution in [0.3, 0.4) is 0 Å². The fourth-order valence-electron chi connectivity index (χ4n) is 5.98. The predicted octanol–water partition coefficient (Wildman–Crippen LogP) is 3.90. The molecule has 1 saturated heterocycles. The van der Waals surface area contributed by atoms with E-state index in [-0.39, 0.29) is 41.4 Å². The van der Waals surface area contributed by atoms with Crippen LogP contribution < -0.4 is 15.0 Å². The zero-order chi connectivity index (χ0) is 22.0. The molecule has 1 aliphatic heterocycles. The molecule has 2 bridgehead atoms. The smallest absolute Gasteiger partial charge is 0.255 e. The van der Waals surface area contributed by atoms with Crippen molar-refractivity contribution in [2.24, 2.45) is 35.5 Å². The van der Waals surface area contributed by atoms with Crippen molar-refractivity contribution in [1.82, 2.24) is 0 Å². The van der Waals surface area contributed by atoms with Crippen molar-refractivity contribution in [3.63, 3.8) is 0 Å². The normalized spacial score (nSPS) is 31.3. The summed E-state index contributed by atoms with van der Waals surface area (Å²) in [5.41, 5.74) is 1.67. The summed E-state index contributed by atoms with van der Waals surface area (Å²) in [6.45, 7) is 2.50. The van der Waals surface area contributed by atoms with Gasteiger partial charge in [0.05, 0.1) is 24.1 Å². The summed E-state index contributed by atoms with van der Waals surface area (Å²) in [4.78, 5) is 40.4. The van der Waals surface area contributed by atoms with Gasteiger partial charge in [0, 0.05) is 11.3 Å². The molecule has 4 aliphatic carbocycles. The Balaban J connectivity index is 1.18. The number of allylic oxidation sites excluding steroid dienone is 2. The number of ether oxygens (including phenoxy) is 1. The lowest BCUT2D eigenvalue weighted by Crippen LogP contribution is -2.40. The van der Waals surface area contributed by atoms with Crippen LogP contribution in [-0.4, -0.2) is 24.3 Å². The molecule has 6 atom stereocenters. The minimum absolute atomic E-state index is 0.0868. The zero-order valence-corrected chi connectivity index (χ0v) is 17.7. The fourth-order valence-corrected chi connectivity index (χ4v) is 5.98. The first-order chi connectivity index (χ1) is 15.6. The number of amides is 3. The number of benzene rings is 2. The third-order valence-corrected chi connectivity index (χ3v) is 7.47. The number of hydrogen-bond donors (Lipinski definition) is 1. The maximum atomic E-state index is 13.2. The van der Waals surface area contributed by atoms with Crippen LogP contribution in [-0.2, 0) is 9.59 Å². The number of carbonyl (C=O) groups is 3. The van der Waals surface area contributed by atoms with Crippen LogP contribution in [0.25, 0.3) is 0 Å². The number of nitrogens with one attached hydrogen (secondary N) is 1. The Hall–Kier alpha value is -3.41. The van der Waals surface area contributed by atoms with Crippen molar-refractivity contribution < 1.29 is 19.1 Å². The summed E-state index contributed by atoms with van der Waals surface area (Å²) in [5, 5.41) is 2.85. The number of nitrogens with zero attached hydrogens (tertiary/aromatic N) is 1. The molecule has 162 valence electrons. The molecule has 32 heavy (non-hydrogen) atoms. The van der Waals surface area contributed by atoms with E-state index in [1.807, 2.05) is 6.92 Å². The van der Waals surface area contributed by atoms with Crippen LogP contribution in [0.2, 0.25) is 0 Å². The third-order valence-electron chi connectivity index (χ3n) is 7.47. The predicted molar refractivity (Wildman–Crippen MR) is 119 cm³/mol. The first kappa shape index (κ1) is 19.3. The van der Waals surface area contributed by atoms with Crippen LogP contribution in [0.5, 0.6) is 5.75 Å². The van der Waals surface area contributed by atoms with Gasteiger partial charge in [0.2, 0.25) is 11.8 Å². The van der Waals surface area contributed by atoms with Crippen molar-refractivity contribution in [1.29, 1.82) is 0 Å². The first-order valence-electron chi connectivity index (χ1n) is 11.3. The van der Waals surface area contributed by atoms with Gasteiger partial charge in [-0.15, -0.1) is 0 Å². The van der Waals surface area contributed by atoms with Crippen molar-refractivity contribution in [3.8, 4) is 5.75 Å². The Kier molecular flexibility index (Phi) is 4.25. The Morgan fingerprint density at radius 1 is 0.938 bits per heavy atom. The number of imide groups is 1. The van der Waals surface area contributed by atoms with Gasteiger partial charge in [-0.25, -0.2) is 0 Å². The average Bonchev–Trinajstić information content (AvgIpc) is 3.59. The molecule has 5 aliphatic rings. The second-order valence-corrected chi connectivity index (χ2v) is 9.12. The topological polar surface area (TPSA) is 75.7 Å². The highest BCUT2D eigenvalue weighted by molar-refractivity contribution is 6.22. The summed E-state index contributed by atoms with van der Waals surface area (Å²) >= 11 is 0. The molecule has 3 fully saturated rings.